The van der Waals surface area contributed by atoms with Crippen LogP contribution in [0, 0.1) is 19.7 Å². The third kappa shape index (κ3) is 4.69. The molecule has 7 nitrogen and oxygen atoms in total. The van der Waals surface area contributed by atoms with Gasteiger partial charge >= 0.3 is 0 Å². The summed E-state index contributed by atoms with van der Waals surface area (Å²) in [5.74, 6) is 0.983. The van der Waals surface area contributed by atoms with Gasteiger partial charge in [0.2, 0.25) is 5.91 Å². The summed E-state index contributed by atoms with van der Waals surface area (Å²) < 4.78 is 15.0. The number of aryl methyl sites for hydroxylation is 1. The molecule has 4 rings (SSSR count). The first kappa shape index (κ1) is 21.2. The third-order valence-electron chi connectivity index (χ3n) is 5.53. The fourth-order valence-corrected chi connectivity index (χ4v) is 4.09. The Balaban J connectivity index is 1.47. The van der Waals surface area contributed by atoms with Crippen molar-refractivity contribution in [3.05, 3.63) is 58.4 Å². The Morgan fingerprint density at radius 3 is 2.65 bits per heavy atom. The first-order chi connectivity index (χ1) is 14.9. The number of hydrogen-bond acceptors (Lipinski definition) is 5. The Morgan fingerprint density at radius 1 is 1.16 bits per heavy atom. The van der Waals surface area contributed by atoms with Gasteiger partial charge in [-0.15, -0.1) is 0 Å². The molecule has 3 aromatic rings. The van der Waals surface area contributed by atoms with Gasteiger partial charge in [0.1, 0.15) is 18.0 Å². The van der Waals surface area contributed by atoms with Crippen molar-refractivity contribution in [3.63, 3.8) is 0 Å². The Morgan fingerprint density at radius 2 is 1.90 bits per heavy atom. The van der Waals surface area contributed by atoms with Gasteiger partial charge in [-0.05, 0) is 56.9 Å². The van der Waals surface area contributed by atoms with E-state index in [4.69, 9.17) is 11.6 Å². The highest BCUT2D eigenvalue weighted by Gasteiger charge is 2.18. The maximum atomic E-state index is 13.2. The van der Waals surface area contributed by atoms with Crippen molar-refractivity contribution in [1.29, 1.82) is 0 Å². The number of amides is 1. The SMILES string of the molecule is Cc1nn(-c2cc(N3CCCC3)ncn2)c(C)c1CCC(=O)Nc1ccc(F)cc1Cl. The summed E-state index contributed by atoms with van der Waals surface area (Å²) in [6, 6.07) is 5.85. The molecule has 0 bridgehead atoms. The van der Waals surface area contributed by atoms with Crippen LogP contribution in [-0.4, -0.2) is 38.7 Å². The second kappa shape index (κ2) is 9.01. The lowest BCUT2D eigenvalue weighted by Crippen LogP contribution is -2.19. The van der Waals surface area contributed by atoms with Crippen LogP contribution in [0.4, 0.5) is 15.9 Å². The first-order valence-corrected chi connectivity index (χ1v) is 10.7. The Kier molecular flexibility index (Phi) is 6.18. The molecule has 1 aliphatic heterocycles. The number of anilines is 2. The van der Waals surface area contributed by atoms with Crippen LogP contribution in [0.1, 0.15) is 36.2 Å². The molecular formula is C22H24ClFN6O. The Labute approximate surface area is 185 Å². The average Bonchev–Trinajstić information content (AvgIpc) is 3.38. The molecule has 0 unspecified atom stereocenters. The molecule has 0 aliphatic carbocycles. The molecule has 1 amide bonds. The van der Waals surface area contributed by atoms with Gasteiger partial charge in [0.05, 0.1) is 16.4 Å². The molecule has 9 heteroatoms. The van der Waals surface area contributed by atoms with E-state index in [0.717, 1.165) is 35.9 Å². The lowest BCUT2D eigenvalue weighted by atomic mass is 10.1. The molecule has 1 aliphatic rings. The van der Waals surface area contributed by atoms with Crippen molar-refractivity contribution in [1.82, 2.24) is 19.7 Å². The van der Waals surface area contributed by atoms with Gasteiger partial charge in [0.15, 0.2) is 5.82 Å². The Hall–Kier alpha value is -3.00. The largest absolute Gasteiger partial charge is 0.356 e. The predicted molar refractivity (Wildman–Crippen MR) is 118 cm³/mol. The summed E-state index contributed by atoms with van der Waals surface area (Å²) in [5, 5.41) is 7.55. The molecule has 0 saturated carbocycles. The second-order valence-electron chi connectivity index (χ2n) is 7.66. The zero-order valence-corrected chi connectivity index (χ0v) is 18.3. The standard InChI is InChI=1S/C22H24ClFN6O/c1-14-17(6-8-22(31)27-19-7-5-16(24)11-18(19)23)15(2)30(28-14)21-12-20(25-13-26-21)29-9-3-4-10-29/h5,7,11-13H,3-4,6,8-10H2,1-2H3,(H,27,31). The predicted octanol–water partition coefficient (Wildman–Crippen LogP) is 4.24. The second-order valence-corrected chi connectivity index (χ2v) is 8.07. The van der Waals surface area contributed by atoms with Crippen LogP contribution in [-0.2, 0) is 11.2 Å². The van der Waals surface area contributed by atoms with Crippen LogP contribution in [0.2, 0.25) is 5.02 Å². The number of aromatic nitrogens is 4. The van der Waals surface area contributed by atoms with Crippen molar-refractivity contribution in [2.75, 3.05) is 23.3 Å². The zero-order chi connectivity index (χ0) is 22.0. The minimum atomic E-state index is -0.445. The minimum Gasteiger partial charge on any atom is -0.356 e. The third-order valence-corrected chi connectivity index (χ3v) is 5.85. The van der Waals surface area contributed by atoms with Crippen LogP contribution >= 0.6 is 11.6 Å². The highest BCUT2D eigenvalue weighted by Crippen LogP contribution is 2.24. The molecule has 1 saturated heterocycles. The molecule has 1 fully saturated rings. The van der Waals surface area contributed by atoms with Gasteiger partial charge in [-0.2, -0.15) is 5.10 Å². The van der Waals surface area contributed by atoms with E-state index in [1.165, 1.54) is 31.0 Å². The van der Waals surface area contributed by atoms with E-state index in [1.54, 1.807) is 11.0 Å². The molecule has 2 aromatic heterocycles. The zero-order valence-electron chi connectivity index (χ0n) is 17.5. The lowest BCUT2D eigenvalue weighted by Gasteiger charge is -2.16. The van der Waals surface area contributed by atoms with E-state index in [0.29, 0.717) is 17.9 Å². The molecule has 3 heterocycles. The Bertz CT molecular complexity index is 1110. The first-order valence-electron chi connectivity index (χ1n) is 10.3. The lowest BCUT2D eigenvalue weighted by molar-refractivity contribution is -0.116. The van der Waals surface area contributed by atoms with Gasteiger partial charge in [0, 0.05) is 31.3 Å². The van der Waals surface area contributed by atoms with Crippen molar-refractivity contribution in [2.24, 2.45) is 0 Å². The van der Waals surface area contributed by atoms with Crippen molar-refractivity contribution in [2.45, 2.75) is 39.5 Å². The maximum absolute atomic E-state index is 13.2. The molecule has 0 radical (unpaired) electrons. The summed E-state index contributed by atoms with van der Waals surface area (Å²) in [6.07, 6.45) is 4.69. The summed E-state index contributed by atoms with van der Waals surface area (Å²) in [5.41, 5.74) is 3.19. The molecule has 0 atom stereocenters. The van der Waals surface area contributed by atoms with Crippen molar-refractivity contribution >= 4 is 29.0 Å². The number of nitrogens with one attached hydrogen (secondary N) is 1. The van der Waals surface area contributed by atoms with Crippen LogP contribution in [0.3, 0.4) is 0 Å². The van der Waals surface area contributed by atoms with E-state index in [1.807, 2.05) is 19.9 Å². The normalized spacial score (nSPS) is 13.6. The molecule has 162 valence electrons. The number of carbonyl (C=O) groups excluding carboxylic acids is 1. The van der Waals surface area contributed by atoms with Gasteiger partial charge in [-0.1, -0.05) is 11.6 Å². The van der Waals surface area contributed by atoms with Crippen LogP contribution < -0.4 is 10.2 Å². The maximum Gasteiger partial charge on any atom is 0.224 e. The monoisotopic (exact) mass is 442 g/mol. The molecule has 1 N–H and O–H groups in total. The molecular weight excluding hydrogens is 419 g/mol. The van der Waals surface area contributed by atoms with Gasteiger partial charge in [0.25, 0.3) is 0 Å². The highest BCUT2D eigenvalue weighted by atomic mass is 35.5. The van der Waals surface area contributed by atoms with Crippen molar-refractivity contribution in [3.8, 4) is 5.82 Å². The van der Waals surface area contributed by atoms with Crippen LogP contribution in [0.25, 0.3) is 5.82 Å². The van der Waals surface area contributed by atoms with E-state index in [9.17, 15) is 9.18 Å². The van der Waals surface area contributed by atoms with E-state index < -0.39 is 5.82 Å². The number of rotatable bonds is 6. The molecule has 1 aromatic carbocycles. The smallest absolute Gasteiger partial charge is 0.224 e. The highest BCUT2D eigenvalue weighted by molar-refractivity contribution is 6.33. The number of halogens is 2. The average molecular weight is 443 g/mol. The quantitative estimate of drug-likeness (QED) is 0.617. The minimum absolute atomic E-state index is 0.172. The number of benzene rings is 1. The van der Waals surface area contributed by atoms with Gasteiger partial charge in [-0.25, -0.2) is 19.0 Å². The number of carbonyl (C=O) groups is 1. The van der Waals surface area contributed by atoms with Gasteiger partial charge in [-0.3, -0.25) is 4.79 Å². The summed E-state index contributed by atoms with van der Waals surface area (Å²) >= 11 is 5.99. The summed E-state index contributed by atoms with van der Waals surface area (Å²) in [7, 11) is 0. The van der Waals surface area contributed by atoms with Crippen molar-refractivity contribution < 1.29 is 9.18 Å². The van der Waals surface area contributed by atoms with E-state index in [-0.39, 0.29) is 17.4 Å². The number of hydrogen-bond donors (Lipinski definition) is 1. The topological polar surface area (TPSA) is 75.9 Å². The fraction of sp³-hybridized carbons (Fsp3) is 0.364. The molecule has 0 spiro atoms. The van der Waals surface area contributed by atoms with E-state index in [2.05, 4.69) is 25.3 Å². The van der Waals surface area contributed by atoms with Crippen LogP contribution in [0.15, 0.2) is 30.6 Å². The fourth-order valence-electron chi connectivity index (χ4n) is 3.87. The van der Waals surface area contributed by atoms with Gasteiger partial charge < -0.3 is 10.2 Å². The number of nitrogens with zero attached hydrogens (tertiary/aromatic N) is 5. The summed E-state index contributed by atoms with van der Waals surface area (Å²) in [4.78, 5) is 23.5. The van der Waals surface area contributed by atoms with E-state index >= 15 is 0 Å². The van der Waals surface area contributed by atoms with Crippen LogP contribution in [0.5, 0.6) is 0 Å². The summed E-state index contributed by atoms with van der Waals surface area (Å²) in [6.45, 7) is 5.91. The molecule has 31 heavy (non-hydrogen) atoms.